The average molecular weight is 218 g/mol. The van der Waals surface area contributed by atoms with Crippen molar-refractivity contribution in [1.29, 1.82) is 0 Å². The Bertz CT molecular complexity index is 288. The molecule has 1 unspecified atom stereocenters. The molecule has 0 saturated heterocycles. The van der Waals surface area contributed by atoms with Crippen molar-refractivity contribution in [2.75, 3.05) is 20.8 Å². The van der Waals surface area contributed by atoms with Gasteiger partial charge >= 0.3 is 0 Å². The quantitative estimate of drug-likeness (QED) is 0.803. The monoisotopic (exact) mass is 217 g/mol. The maximum Gasteiger partial charge on any atom is 0.0814 e. The Kier molecular flexibility index (Phi) is 4.38. The van der Waals surface area contributed by atoms with E-state index in [2.05, 4.69) is 10.4 Å². The molecule has 80 valence electrons. The topological polar surface area (TPSA) is 39.1 Å². The fourth-order valence-electron chi connectivity index (χ4n) is 1.25. The van der Waals surface area contributed by atoms with Crippen molar-refractivity contribution >= 4 is 11.6 Å². The second kappa shape index (κ2) is 5.34. The van der Waals surface area contributed by atoms with E-state index in [9.17, 15) is 0 Å². The summed E-state index contributed by atoms with van der Waals surface area (Å²) in [5, 5.41) is 8.04. The first kappa shape index (κ1) is 11.5. The number of rotatable bonds is 5. The molecule has 1 N–H and O–H groups in total. The average Bonchev–Trinajstić information content (AvgIpc) is 2.49. The van der Waals surface area contributed by atoms with Gasteiger partial charge in [-0.3, -0.25) is 4.68 Å². The Morgan fingerprint density at radius 1 is 1.71 bits per heavy atom. The third-order valence-electron chi connectivity index (χ3n) is 2.21. The SMILES string of the molecule is CNC(COC)Cn1ncc(Cl)c1C. The Morgan fingerprint density at radius 3 is 2.86 bits per heavy atom. The van der Waals surface area contributed by atoms with Gasteiger partial charge in [0, 0.05) is 13.2 Å². The molecule has 1 atom stereocenters. The van der Waals surface area contributed by atoms with E-state index in [0.717, 1.165) is 12.2 Å². The molecule has 5 heteroatoms. The van der Waals surface area contributed by atoms with Crippen LogP contribution in [-0.2, 0) is 11.3 Å². The first-order valence-electron chi connectivity index (χ1n) is 4.53. The van der Waals surface area contributed by atoms with E-state index in [1.165, 1.54) is 0 Å². The number of nitrogens with zero attached hydrogens (tertiary/aromatic N) is 2. The van der Waals surface area contributed by atoms with Crippen LogP contribution < -0.4 is 5.32 Å². The largest absolute Gasteiger partial charge is 0.383 e. The van der Waals surface area contributed by atoms with E-state index in [-0.39, 0.29) is 6.04 Å². The van der Waals surface area contributed by atoms with Crippen molar-refractivity contribution in [2.45, 2.75) is 19.5 Å². The number of hydrogen-bond acceptors (Lipinski definition) is 3. The van der Waals surface area contributed by atoms with Crippen LogP contribution in [0, 0.1) is 6.92 Å². The molecule has 0 bridgehead atoms. The second-order valence-corrected chi connectivity index (χ2v) is 3.61. The molecule has 0 radical (unpaired) electrons. The van der Waals surface area contributed by atoms with Crippen molar-refractivity contribution in [3.63, 3.8) is 0 Å². The van der Waals surface area contributed by atoms with Crippen LogP contribution in [0.5, 0.6) is 0 Å². The summed E-state index contributed by atoms with van der Waals surface area (Å²) in [7, 11) is 3.59. The zero-order valence-corrected chi connectivity index (χ0v) is 9.51. The molecule has 1 rings (SSSR count). The molecular formula is C9H16ClN3O. The first-order chi connectivity index (χ1) is 6.69. The van der Waals surface area contributed by atoms with Gasteiger partial charge in [0.2, 0.25) is 0 Å². The fraction of sp³-hybridized carbons (Fsp3) is 0.667. The van der Waals surface area contributed by atoms with Crippen molar-refractivity contribution < 1.29 is 4.74 Å². The fourth-order valence-corrected chi connectivity index (χ4v) is 1.39. The zero-order valence-electron chi connectivity index (χ0n) is 8.75. The predicted molar refractivity (Wildman–Crippen MR) is 56.7 cm³/mol. The van der Waals surface area contributed by atoms with Gasteiger partial charge in [-0.1, -0.05) is 11.6 Å². The lowest BCUT2D eigenvalue weighted by Gasteiger charge is -2.15. The molecule has 0 fully saturated rings. The molecule has 0 aliphatic rings. The van der Waals surface area contributed by atoms with E-state index < -0.39 is 0 Å². The third-order valence-corrected chi connectivity index (χ3v) is 2.58. The van der Waals surface area contributed by atoms with E-state index in [1.807, 2.05) is 18.7 Å². The molecule has 1 aromatic rings. The molecule has 1 aromatic heterocycles. The molecule has 0 aliphatic carbocycles. The van der Waals surface area contributed by atoms with Crippen LogP contribution in [-0.4, -0.2) is 36.6 Å². The molecule has 14 heavy (non-hydrogen) atoms. The normalized spacial score (nSPS) is 13.1. The van der Waals surface area contributed by atoms with Crippen LogP contribution in [0.4, 0.5) is 0 Å². The van der Waals surface area contributed by atoms with Crippen LogP contribution in [0.2, 0.25) is 5.02 Å². The standard InChI is InChI=1S/C9H16ClN3O/c1-7-9(10)4-12-13(7)5-8(11-2)6-14-3/h4,8,11H,5-6H2,1-3H3. The third kappa shape index (κ3) is 2.70. The molecule has 1 heterocycles. The van der Waals surface area contributed by atoms with E-state index in [0.29, 0.717) is 11.6 Å². The van der Waals surface area contributed by atoms with Crippen molar-refractivity contribution in [3.8, 4) is 0 Å². The lowest BCUT2D eigenvalue weighted by atomic mass is 10.3. The van der Waals surface area contributed by atoms with Gasteiger partial charge in [0.25, 0.3) is 0 Å². The molecule has 0 saturated carbocycles. The summed E-state index contributed by atoms with van der Waals surface area (Å²) in [5.41, 5.74) is 0.989. The number of methoxy groups -OCH3 is 1. The van der Waals surface area contributed by atoms with Crippen molar-refractivity contribution in [3.05, 3.63) is 16.9 Å². The highest BCUT2D eigenvalue weighted by atomic mass is 35.5. The minimum Gasteiger partial charge on any atom is -0.383 e. The van der Waals surface area contributed by atoms with Gasteiger partial charge in [-0.05, 0) is 14.0 Å². The molecule has 0 amide bonds. The van der Waals surface area contributed by atoms with Crippen LogP contribution in [0.15, 0.2) is 6.20 Å². The zero-order chi connectivity index (χ0) is 10.6. The number of ether oxygens (including phenoxy) is 1. The molecular weight excluding hydrogens is 202 g/mol. The second-order valence-electron chi connectivity index (χ2n) is 3.20. The van der Waals surface area contributed by atoms with Crippen LogP contribution in [0.25, 0.3) is 0 Å². The highest BCUT2D eigenvalue weighted by Gasteiger charge is 2.10. The van der Waals surface area contributed by atoms with Crippen LogP contribution >= 0.6 is 11.6 Å². The summed E-state index contributed by atoms with van der Waals surface area (Å²) >= 11 is 5.90. The van der Waals surface area contributed by atoms with Gasteiger partial charge in [0.15, 0.2) is 0 Å². The summed E-state index contributed by atoms with van der Waals surface area (Å²) in [6, 6.07) is 0.259. The van der Waals surface area contributed by atoms with E-state index in [1.54, 1.807) is 13.3 Å². The first-order valence-corrected chi connectivity index (χ1v) is 4.91. The predicted octanol–water partition coefficient (Wildman–Crippen LogP) is 1.08. The van der Waals surface area contributed by atoms with Gasteiger partial charge in [0.05, 0.1) is 30.1 Å². The molecule has 0 aromatic carbocycles. The summed E-state index contributed by atoms with van der Waals surface area (Å²) < 4.78 is 6.95. The Morgan fingerprint density at radius 2 is 2.43 bits per heavy atom. The van der Waals surface area contributed by atoms with Crippen molar-refractivity contribution in [2.24, 2.45) is 0 Å². The van der Waals surface area contributed by atoms with Gasteiger partial charge in [-0.25, -0.2) is 0 Å². The van der Waals surface area contributed by atoms with E-state index in [4.69, 9.17) is 16.3 Å². The van der Waals surface area contributed by atoms with Gasteiger partial charge in [-0.15, -0.1) is 0 Å². The Balaban J connectivity index is 2.62. The number of halogens is 1. The van der Waals surface area contributed by atoms with E-state index >= 15 is 0 Å². The van der Waals surface area contributed by atoms with Gasteiger partial charge in [-0.2, -0.15) is 5.10 Å². The van der Waals surface area contributed by atoms with Crippen molar-refractivity contribution in [1.82, 2.24) is 15.1 Å². The maximum atomic E-state index is 5.90. The lowest BCUT2D eigenvalue weighted by molar-refractivity contribution is 0.160. The van der Waals surface area contributed by atoms with Gasteiger partial charge < -0.3 is 10.1 Å². The molecule has 0 spiro atoms. The number of likely N-dealkylation sites (N-methyl/N-ethyl adjacent to an activating group) is 1. The summed E-state index contributed by atoms with van der Waals surface area (Å²) in [6.45, 7) is 3.38. The highest BCUT2D eigenvalue weighted by molar-refractivity contribution is 6.31. The molecule has 0 aliphatic heterocycles. The number of nitrogens with one attached hydrogen (secondary N) is 1. The van der Waals surface area contributed by atoms with Crippen LogP contribution in [0.3, 0.4) is 0 Å². The summed E-state index contributed by atoms with van der Waals surface area (Å²) in [5.74, 6) is 0. The number of aromatic nitrogens is 2. The summed E-state index contributed by atoms with van der Waals surface area (Å²) in [6.07, 6.45) is 1.66. The summed E-state index contributed by atoms with van der Waals surface area (Å²) in [4.78, 5) is 0. The lowest BCUT2D eigenvalue weighted by Crippen LogP contribution is -2.34. The Labute approximate surface area is 89.2 Å². The molecule has 4 nitrogen and oxygen atoms in total. The minimum atomic E-state index is 0.259. The van der Waals surface area contributed by atoms with Crippen LogP contribution in [0.1, 0.15) is 5.69 Å². The number of hydrogen-bond donors (Lipinski definition) is 1. The maximum absolute atomic E-state index is 5.90. The Hall–Kier alpha value is -0.580. The smallest absolute Gasteiger partial charge is 0.0814 e. The van der Waals surface area contributed by atoms with Gasteiger partial charge in [0.1, 0.15) is 0 Å². The minimum absolute atomic E-state index is 0.259. The highest BCUT2D eigenvalue weighted by Crippen LogP contribution is 2.13.